The number of carbonyl (C=O) groups is 1. The van der Waals surface area contributed by atoms with Gasteiger partial charge in [0.1, 0.15) is 17.9 Å². The van der Waals surface area contributed by atoms with Crippen molar-refractivity contribution in [3.05, 3.63) is 23.8 Å². The molecule has 1 aliphatic rings. The Hall–Kier alpha value is -1.71. The van der Waals surface area contributed by atoms with Crippen LogP contribution >= 0.6 is 0 Å². The molecule has 0 saturated carbocycles. The maximum Gasteiger partial charge on any atom is 0.259 e. The molecule has 2 N–H and O–H groups in total. The first-order chi connectivity index (χ1) is 6.70. The van der Waals surface area contributed by atoms with E-state index >= 15 is 0 Å². The highest BCUT2D eigenvalue weighted by molar-refractivity contribution is 6.02. The van der Waals surface area contributed by atoms with Crippen LogP contribution in [0.15, 0.2) is 18.2 Å². The highest BCUT2D eigenvalue weighted by Crippen LogP contribution is 2.27. The summed E-state index contributed by atoms with van der Waals surface area (Å²) >= 11 is 0. The zero-order valence-corrected chi connectivity index (χ0v) is 7.99. The lowest BCUT2D eigenvalue weighted by Gasteiger charge is -2.13. The van der Waals surface area contributed by atoms with Gasteiger partial charge in [-0.3, -0.25) is 4.79 Å². The molecule has 0 saturated heterocycles. The predicted molar refractivity (Wildman–Crippen MR) is 53.3 cm³/mol. The Morgan fingerprint density at radius 1 is 1.50 bits per heavy atom. The van der Waals surface area contributed by atoms with Crippen molar-refractivity contribution < 1.29 is 9.53 Å². The van der Waals surface area contributed by atoms with Gasteiger partial charge in [-0.2, -0.15) is 0 Å². The van der Waals surface area contributed by atoms with Crippen LogP contribution in [0.4, 0.5) is 5.69 Å². The molecule has 0 spiro atoms. The summed E-state index contributed by atoms with van der Waals surface area (Å²) in [6.45, 7) is 1.10. The Balaban J connectivity index is 2.55. The maximum atomic E-state index is 11.8. The van der Waals surface area contributed by atoms with Gasteiger partial charge < -0.3 is 15.4 Å². The van der Waals surface area contributed by atoms with Crippen molar-refractivity contribution in [1.29, 1.82) is 0 Å². The number of likely N-dealkylation sites (N-methyl/N-ethyl adjacent to an activating group) is 1. The van der Waals surface area contributed by atoms with Crippen LogP contribution in [0, 0.1) is 0 Å². The van der Waals surface area contributed by atoms with E-state index in [1.807, 2.05) is 0 Å². The third-order valence-corrected chi connectivity index (χ3v) is 2.30. The summed E-state index contributed by atoms with van der Waals surface area (Å²) in [5, 5.41) is 0. The minimum atomic E-state index is -0.0735. The number of hydrogen-bond donors (Lipinski definition) is 1. The van der Waals surface area contributed by atoms with E-state index in [0.29, 0.717) is 30.2 Å². The van der Waals surface area contributed by atoms with Gasteiger partial charge in [0, 0.05) is 12.7 Å². The molecule has 1 amide bonds. The van der Waals surface area contributed by atoms with Gasteiger partial charge in [-0.1, -0.05) is 6.07 Å². The summed E-state index contributed by atoms with van der Waals surface area (Å²) in [5.74, 6) is 0.509. The van der Waals surface area contributed by atoms with Crippen molar-refractivity contribution in [3.8, 4) is 5.75 Å². The van der Waals surface area contributed by atoms with Gasteiger partial charge in [-0.15, -0.1) is 0 Å². The summed E-state index contributed by atoms with van der Waals surface area (Å²) in [7, 11) is 1.74. The van der Waals surface area contributed by atoms with E-state index in [-0.39, 0.29) is 5.91 Å². The second kappa shape index (κ2) is 3.21. The van der Waals surface area contributed by atoms with Crippen LogP contribution in [-0.4, -0.2) is 31.0 Å². The number of rotatable bonds is 0. The topological polar surface area (TPSA) is 55.6 Å². The largest absolute Gasteiger partial charge is 0.491 e. The second-order valence-corrected chi connectivity index (χ2v) is 3.30. The first-order valence-corrected chi connectivity index (χ1v) is 4.47. The molecule has 1 heterocycles. The number of nitrogens with two attached hydrogens (primary N) is 1. The lowest BCUT2D eigenvalue weighted by Crippen LogP contribution is -2.28. The average Bonchev–Trinajstić information content (AvgIpc) is 2.29. The summed E-state index contributed by atoms with van der Waals surface area (Å²) in [6.07, 6.45) is 0. The number of fused-ring (bicyclic) bond motifs is 1. The number of anilines is 1. The molecule has 0 radical (unpaired) electrons. The molecular weight excluding hydrogens is 180 g/mol. The van der Waals surface area contributed by atoms with E-state index in [1.54, 1.807) is 30.1 Å². The van der Waals surface area contributed by atoms with Gasteiger partial charge >= 0.3 is 0 Å². The maximum absolute atomic E-state index is 11.8. The normalized spacial score (nSPS) is 15.8. The van der Waals surface area contributed by atoms with Crippen LogP contribution in [0.2, 0.25) is 0 Å². The molecule has 0 unspecified atom stereocenters. The zero-order chi connectivity index (χ0) is 10.1. The van der Waals surface area contributed by atoms with E-state index in [1.165, 1.54) is 0 Å². The molecule has 0 atom stereocenters. The molecule has 2 rings (SSSR count). The fraction of sp³-hybridized carbons (Fsp3) is 0.300. The van der Waals surface area contributed by atoms with E-state index in [4.69, 9.17) is 10.5 Å². The first-order valence-electron chi connectivity index (χ1n) is 4.47. The monoisotopic (exact) mass is 192 g/mol. The minimum absolute atomic E-state index is 0.0735. The third kappa shape index (κ3) is 1.28. The number of amides is 1. The molecule has 1 aromatic rings. The molecular formula is C10H12N2O2. The van der Waals surface area contributed by atoms with Crippen molar-refractivity contribution >= 4 is 11.6 Å². The Kier molecular flexibility index (Phi) is 2.04. The minimum Gasteiger partial charge on any atom is -0.491 e. The number of ether oxygens (including phenoxy) is 1. The smallest absolute Gasteiger partial charge is 0.259 e. The SMILES string of the molecule is CN1CCOc2cccc(N)c2C1=O. The summed E-state index contributed by atoms with van der Waals surface area (Å²) in [6, 6.07) is 5.26. The molecule has 74 valence electrons. The van der Waals surface area contributed by atoms with Crippen molar-refractivity contribution in [1.82, 2.24) is 4.90 Å². The van der Waals surface area contributed by atoms with Crippen LogP contribution in [0.1, 0.15) is 10.4 Å². The second-order valence-electron chi connectivity index (χ2n) is 3.30. The third-order valence-electron chi connectivity index (χ3n) is 2.30. The first kappa shape index (κ1) is 8.87. The number of hydrogen-bond acceptors (Lipinski definition) is 3. The van der Waals surface area contributed by atoms with Crippen molar-refractivity contribution in [2.45, 2.75) is 0 Å². The van der Waals surface area contributed by atoms with Crippen LogP contribution in [0.5, 0.6) is 5.75 Å². The quantitative estimate of drug-likeness (QED) is 0.616. The van der Waals surface area contributed by atoms with Gasteiger partial charge in [0.25, 0.3) is 5.91 Å². The summed E-state index contributed by atoms with van der Waals surface area (Å²) < 4.78 is 5.43. The molecule has 0 aliphatic carbocycles. The highest BCUT2D eigenvalue weighted by Gasteiger charge is 2.22. The lowest BCUT2D eigenvalue weighted by atomic mass is 10.1. The van der Waals surface area contributed by atoms with Crippen LogP contribution in [-0.2, 0) is 0 Å². The summed E-state index contributed by atoms with van der Waals surface area (Å²) in [5.41, 5.74) is 6.69. The molecule has 1 aliphatic heterocycles. The lowest BCUT2D eigenvalue weighted by molar-refractivity contribution is 0.0797. The summed E-state index contributed by atoms with van der Waals surface area (Å²) in [4.78, 5) is 13.4. The van der Waals surface area contributed by atoms with Gasteiger partial charge in [0.05, 0.1) is 6.54 Å². The van der Waals surface area contributed by atoms with Crippen molar-refractivity contribution in [2.24, 2.45) is 0 Å². The molecule has 4 nitrogen and oxygen atoms in total. The number of nitrogens with zero attached hydrogens (tertiary/aromatic N) is 1. The van der Waals surface area contributed by atoms with Gasteiger partial charge in [0.2, 0.25) is 0 Å². The number of nitrogen functional groups attached to an aromatic ring is 1. The molecule has 4 heteroatoms. The molecule has 0 fully saturated rings. The van der Waals surface area contributed by atoms with Crippen LogP contribution in [0.3, 0.4) is 0 Å². The Morgan fingerprint density at radius 2 is 2.29 bits per heavy atom. The Morgan fingerprint density at radius 3 is 3.07 bits per heavy atom. The van der Waals surface area contributed by atoms with Gasteiger partial charge in [-0.25, -0.2) is 0 Å². The van der Waals surface area contributed by atoms with Crippen LogP contribution < -0.4 is 10.5 Å². The number of benzene rings is 1. The zero-order valence-electron chi connectivity index (χ0n) is 7.99. The van der Waals surface area contributed by atoms with Crippen LogP contribution in [0.25, 0.3) is 0 Å². The molecule has 0 bridgehead atoms. The van der Waals surface area contributed by atoms with E-state index in [0.717, 1.165) is 0 Å². The fourth-order valence-corrected chi connectivity index (χ4v) is 1.48. The Bertz CT molecular complexity index is 376. The predicted octanol–water partition coefficient (Wildman–Crippen LogP) is 0.733. The van der Waals surface area contributed by atoms with Gasteiger partial charge in [-0.05, 0) is 12.1 Å². The fourth-order valence-electron chi connectivity index (χ4n) is 1.48. The molecule has 14 heavy (non-hydrogen) atoms. The average molecular weight is 192 g/mol. The van der Waals surface area contributed by atoms with Crippen molar-refractivity contribution in [3.63, 3.8) is 0 Å². The molecule has 0 aromatic heterocycles. The van der Waals surface area contributed by atoms with E-state index < -0.39 is 0 Å². The van der Waals surface area contributed by atoms with E-state index in [2.05, 4.69) is 0 Å². The Labute approximate surface area is 82.3 Å². The standard InChI is InChI=1S/C10H12N2O2/c1-12-5-6-14-8-4-2-3-7(11)9(8)10(12)13/h2-4H,5-6,11H2,1H3. The van der Waals surface area contributed by atoms with Crippen molar-refractivity contribution in [2.75, 3.05) is 25.9 Å². The van der Waals surface area contributed by atoms with Gasteiger partial charge in [0.15, 0.2) is 0 Å². The van der Waals surface area contributed by atoms with E-state index in [9.17, 15) is 4.79 Å². The number of carbonyl (C=O) groups excluding carboxylic acids is 1. The molecule has 1 aromatic carbocycles. The highest BCUT2D eigenvalue weighted by atomic mass is 16.5.